The molecule has 0 saturated carbocycles. The van der Waals surface area contributed by atoms with Gasteiger partial charge < -0.3 is 10.2 Å². The molecule has 0 aliphatic carbocycles. The fourth-order valence-corrected chi connectivity index (χ4v) is 3.31. The number of hydrogen-bond donors (Lipinski definition) is 1. The second-order valence-corrected chi connectivity index (χ2v) is 6.34. The van der Waals surface area contributed by atoms with E-state index in [2.05, 4.69) is 47.7 Å². The summed E-state index contributed by atoms with van der Waals surface area (Å²) in [6.07, 6.45) is 5.62. The molecule has 0 radical (unpaired) electrons. The predicted octanol–water partition coefficient (Wildman–Crippen LogP) is 3.46. The average molecular weight is 294 g/mol. The van der Waals surface area contributed by atoms with Crippen molar-refractivity contribution in [1.29, 1.82) is 0 Å². The van der Waals surface area contributed by atoms with Crippen LogP contribution < -0.4 is 10.2 Å². The van der Waals surface area contributed by atoms with Crippen LogP contribution in [0.2, 0.25) is 0 Å². The molecule has 1 N–H and O–H groups in total. The zero-order chi connectivity index (χ0) is 13.7. The van der Waals surface area contributed by atoms with Crippen molar-refractivity contribution >= 4 is 34.8 Å². The maximum absolute atomic E-state index is 5.58. The topological polar surface area (TPSA) is 15.3 Å². The summed E-state index contributed by atoms with van der Waals surface area (Å²) in [7, 11) is 0. The summed E-state index contributed by atoms with van der Waals surface area (Å²) in [5.41, 5.74) is 2.69. The van der Waals surface area contributed by atoms with Gasteiger partial charge in [-0.3, -0.25) is 0 Å². The lowest BCUT2D eigenvalue weighted by molar-refractivity contribution is 0.622. The zero-order valence-corrected chi connectivity index (χ0v) is 13.3. The quantitative estimate of drug-likeness (QED) is 0.675. The highest BCUT2D eigenvalue weighted by Crippen LogP contribution is 2.30. The molecular weight excluding hydrogens is 272 g/mol. The number of thiocarbonyl (C=S) groups is 1. The summed E-state index contributed by atoms with van der Waals surface area (Å²) < 4.78 is 0. The van der Waals surface area contributed by atoms with E-state index in [-0.39, 0.29) is 0 Å². The Morgan fingerprint density at radius 2 is 2.26 bits per heavy atom. The number of anilines is 1. The summed E-state index contributed by atoms with van der Waals surface area (Å²) in [6, 6.07) is 9.09. The van der Waals surface area contributed by atoms with Crippen LogP contribution >= 0.6 is 24.0 Å². The summed E-state index contributed by atoms with van der Waals surface area (Å²) in [5.74, 6) is 1.18. The smallest absolute Gasteiger partial charge is 0.173 e. The van der Waals surface area contributed by atoms with Crippen molar-refractivity contribution in [2.75, 3.05) is 23.5 Å². The SMILES string of the molecule is CSCCCNC(=S)N1c2ccccc2CC[C@@H]1C. The minimum absolute atomic E-state index is 0.482. The number of para-hydroxylation sites is 1. The molecule has 0 bridgehead atoms. The van der Waals surface area contributed by atoms with E-state index in [0.717, 1.165) is 24.5 Å². The molecule has 0 spiro atoms. The average Bonchev–Trinajstić information content (AvgIpc) is 2.43. The van der Waals surface area contributed by atoms with Crippen molar-refractivity contribution in [3.8, 4) is 0 Å². The van der Waals surface area contributed by atoms with E-state index in [4.69, 9.17) is 12.2 Å². The second-order valence-electron chi connectivity index (χ2n) is 4.96. The zero-order valence-electron chi connectivity index (χ0n) is 11.7. The lowest BCUT2D eigenvalue weighted by Crippen LogP contribution is -2.47. The third-order valence-electron chi connectivity index (χ3n) is 3.54. The first-order valence-corrected chi connectivity index (χ1v) is 8.68. The highest BCUT2D eigenvalue weighted by Gasteiger charge is 2.25. The van der Waals surface area contributed by atoms with E-state index in [0.29, 0.717) is 6.04 Å². The monoisotopic (exact) mass is 294 g/mol. The summed E-state index contributed by atoms with van der Waals surface area (Å²) in [4.78, 5) is 2.28. The molecule has 104 valence electrons. The van der Waals surface area contributed by atoms with Crippen LogP contribution in [0.4, 0.5) is 5.69 Å². The minimum Gasteiger partial charge on any atom is -0.362 e. The van der Waals surface area contributed by atoms with E-state index in [9.17, 15) is 0 Å². The van der Waals surface area contributed by atoms with Crippen LogP contribution in [-0.4, -0.2) is 29.7 Å². The number of aryl methyl sites for hydroxylation is 1. The van der Waals surface area contributed by atoms with Crippen molar-refractivity contribution < 1.29 is 0 Å². The van der Waals surface area contributed by atoms with Crippen molar-refractivity contribution in [1.82, 2.24) is 5.32 Å². The van der Waals surface area contributed by atoms with E-state index >= 15 is 0 Å². The Morgan fingerprint density at radius 3 is 3.05 bits per heavy atom. The molecule has 0 aromatic heterocycles. The van der Waals surface area contributed by atoms with Crippen molar-refractivity contribution in [2.24, 2.45) is 0 Å². The Bertz CT molecular complexity index is 434. The molecule has 1 atom stereocenters. The molecular formula is C15H22N2S2. The summed E-state index contributed by atoms with van der Waals surface area (Å²) >= 11 is 7.47. The number of nitrogens with one attached hydrogen (secondary N) is 1. The Labute approximate surface area is 126 Å². The Morgan fingerprint density at radius 1 is 1.47 bits per heavy atom. The highest BCUT2D eigenvalue weighted by atomic mass is 32.2. The number of nitrogens with zero attached hydrogens (tertiary/aromatic N) is 1. The number of hydrogen-bond acceptors (Lipinski definition) is 2. The van der Waals surface area contributed by atoms with Gasteiger partial charge in [0.2, 0.25) is 0 Å². The first kappa shape index (κ1) is 14.7. The van der Waals surface area contributed by atoms with Gasteiger partial charge in [-0.25, -0.2) is 0 Å². The van der Waals surface area contributed by atoms with Crippen LogP contribution in [0.3, 0.4) is 0 Å². The lowest BCUT2D eigenvalue weighted by Gasteiger charge is -2.37. The van der Waals surface area contributed by atoms with Gasteiger partial charge in [0.25, 0.3) is 0 Å². The third kappa shape index (κ3) is 3.63. The van der Waals surface area contributed by atoms with Crippen LogP contribution in [0.25, 0.3) is 0 Å². The maximum Gasteiger partial charge on any atom is 0.173 e. The van der Waals surface area contributed by atoms with Gasteiger partial charge in [-0.15, -0.1) is 0 Å². The normalized spacial score (nSPS) is 18.0. The van der Waals surface area contributed by atoms with Gasteiger partial charge >= 0.3 is 0 Å². The van der Waals surface area contributed by atoms with Crippen LogP contribution in [0.5, 0.6) is 0 Å². The number of rotatable bonds is 4. The fraction of sp³-hybridized carbons (Fsp3) is 0.533. The molecule has 0 saturated heterocycles. The van der Waals surface area contributed by atoms with Crippen LogP contribution in [0.1, 0.15) is 25.3 Å². The second kappa shape index (κ2) is 7.15. The van der Waals surface area contributed by atoms with E-state index in [1.807, 2.05) is 11.8 Å². The Kier molecular flexibility index (Phi) is 5.52. The molecule has 0 unspecified atom stereocenters. The number of fused-ring (bicyclic) bond motifs is 1. The number of benzene rings is 1. The van der Waals surface area contributed by atoms with Gasteiger partial charge in [0.1, 0.15) is 0 Å². The molecule has 0 fully saturated rings. The fourth-order valence-electron chi connectivity index (χ4n) is 2.49. The molecule has 2 rings (SSSR count). The summed E-state index contributed by atoms with van der Waals surface area (Å²) in [5, 5.41) is 4.28. The molecule has 19 heavy (non-hydrogen) atoms. The van der Waals surface area contributed by atoms with Gasteiger partial charge in [0.15, 0.2) is 5.11 Å². The van der Waals surface area contributed by atoms with E-state index < -0.39 is 0 Å². The van der Waals surface area contributed by atoms with Gasteiger partial charge in [-0.05, 0) is 62.0 Å². The van der Waals surface area contributed by atoms with Crippen molar-refractivity contribution in [3.05, 3.63) is 29.8 Å². The highest BCUT2D eigenvalue weighted by molar-refractivity contribution is 7.98. The maximum atomic E-state index is 5.58. The van der Waals surface area contributed by atoms with E-state index in [1.54, 1.807) is 0 Å². The predicted molar refractivity (Wildman–Crippen MR) is 90.3 cm³/mol. The molecule has 1 aliphatic heterocycles. The molecule has 4 heteroatoms. The van der Waals surface area contributed by atoms with Gasteiger partial charge in [-0.1, -0.05) is 18.2 Å². The van der Waals surface area contributed by atoms with Crippen LogP contribution in [0.15, 0.2) is 24.3 Å². The minimum atomic E-state index is 0.482. The largest absolute Gasteiger partial charge is 0.362 e. The first-order chi connectivity index (χ1) is 9.24. The van der Waals surface area contributed by atoms with Crippen LogP contribution in [-0.2, 0) is 6.42 Å². The van der Waals surface area contributed by atoms with Gasteiger partial charge in [0.05, 0.1) is 0 Å². The molecule has 1 aromatic rings. The lowest BCUT2D eigenvalue weighted by atomic mass is 9.97. The molecule has 1 aromatic carbocycles. The van der Waals surface area contributed by atoms with Gasteiger partial charge in [0, 0.05) is 18.3 Å². The molecule has 1 heterocycles. The van der Waals surface area contributed by atoms with E-state index in [1.165, 1.54) is 23.4 Å². The van der Waals surface area contributed by atoms with Gasteiger partial charge in [-0.2, -0.15) is 11.8 Å². The van der Waals surface area contributed by atoms with Crippen LogP contribution in [0, 0.1) is 0 Å². The first-order valence-electron chi connectivity index (χ1n) is 6.88. The van der Waals surface area contributed by atoms with Crippen molar-refractivity contribution in [2.45, 2.75) is 32.2 Å². The Hall–Kier alpha value is -0.740. The molecule has 0 amide bonds. The molecule has 2 nitrogen and oxygen atoms in total. The number of thioether (sulfide) groups is 1. The Balaban J connectivity index is 2.04. The molecule has 1 aliphatic rings. The van der Waals surface area contributed by atoms with Crippen molar-refractivity contribution in [3.63, 3.8) is 0 Å². The summed E-state index contributed by atoms with van der Waals surface area (Å²) in [6.45, 7) is 3.22. The third-order valence-corrected chi connectivity index (χ3v) is 4.58. The standard InChI is InChI=1S/C15H22N2S2/c1-12-8-9-13-6-3-4-7-14(13)17(12)15(18)16-10-5-11-19-2/h3-4,6-7,12H,5,8-11H2,1-2H3,(H,16,18)/t12-/m0/s1.